The molecule has 2 aromatic rings. The molecule has 0 unspecified atom stereocenters. The number of halogens is 1. The second-order valence-electron chi connectivity index (χ2n) is 4.64. The van der Waals surface area contributed by atoms with E-state index < -0.39 is 11.7 Å². The summed E-state index contributed by atoms with van der Waals surface area (Å²) >= 11 is 1.49. The lowest BCUT2D eigenvalue weighted by molar-refractivity contribution is 0.0984. The Kier molecular flexibility index (Phi) is 3.75. The Hall–Kier alpha value is -2.14. The zero-order valence-corrected chi connectivity index (χ0v) is 11.9. The van der Waals surface area contributed by atoms with Crippen molar-refractivity contribution < 1.29 is 14.0 Å². The summed E-state index contributed by atoms with van der Waals surface area (Å²) in [5, 5.41) is 2.55. The molecule has 0 aliphatic carbocycles. The first-order valence-electron chi connectivity index (χ1n) is 6.51. The van der Waals surface area contributed by atoms with Gasteiger partial charge in [-0.25, -0.2) is 4.39 Å². The van der Waals surface area contributed by atoms with Crippen LogP contribution in [0.3, 0.4) is 0 Å². The molecule has 106 valence electrons. The Morgan fingerprint density at radius 3 is 2.76 bits per heavy atom. The van der Waals surface area contributed by atoms with Crippen LogP contribution in [0.5, 0.6) is 0 Å². The van der Waals surface area contributed by atoms with Crippen LogP contribution < -0.4 is 5.32 Å². The smallest absolute Gasteiger partial charge is 0.256 e. The molecule has 3 nitrogen and oxygen atoms in total. The monoisotopic (exact) mass is 301 g/mol. The number of nitrogens with one attached hydrogen (secondary N) is 1. The van der Waals surface area contributed by atoms with Crippen molar-refractivity contribution in [2.24, 2.45) is 0 Å². The van der Waals surface area contributed by atoms with Crippen LogP contribution in [-0.2, 0) is 0 Å². The number of Topliss-reactive ketones (excluding diaryl/α,β-unsaturated/α-hetero) is 1. The summed E-state index contributed by atoms with van der Waals surface area (Å²) in [5.41, 5.74) is 1.12. The zero-order chi connectivity index (χ0) is 14.8. The van der Waals surface area contributed by atoms with E-state index in [1.807, 2.05) is 0 Å². The fraction of sp³-hybridized carbons (Fsp3) is 0.125. The SMILES string of the molecule is O=C1CCSc2c1cccc2C(=O)Nc1ccccc1F. The van der Waals surface area contributed by atoms with Gasteiger partial charge in [-0.05, 0) is 18.2 Å². The third kappa shape index (κ3) is 2.69. The number of ketones is 1. The van der Waals surface area contributed by atoms with Crippen LogP contribution >= 0.6 is 11.8 Å². The molecule has 0 radical (unpaired) electrons. The first-order chi connectivity index (χ1) is 10.2. The van der Waals surface area contributed by atoms with Crippen molar-refractivity contribution >= 4 is 29.1 Å². The van der Waals surface area contributed by atoms with Crippen molar-refractivity contribution in [3.63, 3.8) is 0 Å². The standard InChI is InChI=1S/C16H12FNO2S/c17-12-6-1-2-7-13(12)18-16(20)11-5-3-4-10-14(19)8-9-21-15(10)11/h1-7H,8-9H2,(H,18,20). The maximum absolute atomic E-state index is 13.6. The molecule has 2 aromatic carbocycles. The molecular formula is C16H12FNO2S. The van der Waals surface area contributed by atoms with Gasteiger partial charge in [-0.15, -0.1) is 11.8 Å². The third-order valence-corrected chi connectivity index (χ3v) is 4.39. The largest absolute Gasteiger partial charge is 0.319 e. The van der Waals surface area contributed by atoms with Gasteiger partial charge in [0.15, 0.2) is 5.78 Å². The van der Waals surface area contributed by atoms with Gasteiger partial charge in [-0.1, -0.05) is 24.3 Å². The minimum atomic E-state index is -0.487. The first kappa shape index (κ1) is 13.8. The number of amides is 1. The molecule has 1 amide bonds. The average Bonchev–Trinajstić information content (AvgIpc) is 2.49. The predicted molar refractivity (Wildman–Crippen MR) is 80.5 cm³/mol. The number of hydrogen-bond donors (Lipinski definition) is 1. The lowest BCUT2D eigenvalue weighted by Gasteiger charge is -2.17. The molecule has 3 rings (SSSR count). The quantitative estimate of drug-likeness (QED) is 0.918. The van der Waals surface area contributed by atoms with E-state index in [-0.39, 0.29) is 11.5 Å². The van der Waals surface area contributed by atoms with Crippen LogP contribution in [0, 0.1) is 5.82 Å². The van der Waals surface area contributed by atoms with Crippen LogP contribution in [0.4, 0.5) is 10.1 Å². The van der Waals surface area contributed by atoms with Gasteiger partial charge >= 0.3 is 0 Å². The van der Waals surface area contributed by atoms with Gasteiger partial charge in [0.25, 0.3) is 5.91 Å². The summed E-state index contributed by atoms with van der Waals surface area (Å²) in [6.07, 6.45) is 0.482. The fourth-order valence-electron chi connectivity index (χ4n) is 2.22. The minimum Gasteiger partial charge on any atom is -0.319 e. The van der Waals surface area contributed by atoms with Crippen molar-refractivity contribution in [3.05, 3.63) is 59.4 Å². The number of rotatable bonds is 2. The maximum Gasteiger partial charge on any atom is 0.256 e. The number of para-hydroxylation sites is 1. The molecule has 0 bridgehead atoms. The highest BCUT2D eigenvalue weighted by Crippen LogP contribution is 2.33. The van der Waals surface area contributed by atoms with Gasteiger partial charge in [0.05, 0.1) is 11.3 Å². The first-order valence-corrected chi connectivity index (χ1v) is 7.50. The summed E-state index contributed by atoms with van der Waals surface area (Å²) in [6, 6.07) is 11.1. The van der Waals surface area contributed by atoms with E-state index in [1.54, 1.807) is 30.3 Å². The molecule has 1 heterocycles. The Labute approximate surface area is 125 Å². The second-order valence-corrected chi connectivity index (χ2v) is 5.74. The molecule has 0 saturated heterocycles. The Bertz CT molecular complexity index is 730. The lowest BCUT2D eigenvalue weighted by Crippen LogP contribution is -2.17. The number of fused-ring (bicyclic) bond motifs is 1. The molecule has 21 heavy (non-hydrogen) atoms. The number of carbonyl (C=O) groups is 2. The molecular weight excluding hydrogens is 289 g/mol. The van der Waals surface area contributed by atoms with Gasteiger partial charge in [-0.3, -0.25) is 9.59 Å². The molecule has 0 atom stereocenters. The Balaban J connectivity index is 1.94. The molecule has 0 spiro atoms. The zero-order valence-electron chi connectivity index (χ0n) is 11.1. The number of thioether (sulfide) groups is 1. The summed E-state index contributed by atoms with van der Waals surface area (Å²) in [6.45, 7) is 0. The van der Waals surface area contributed by atoms with E-state index in [1.165, 1.54) is 23.9 Å². The summed E-state index contributed by atoms with van der Waals surface area (Å²) in [5.74, 6) is -0.182. The number of hydrogen-bond acceptors (Lipinski definition) is 3. The molecule has 5 heteroatoms. The van der Waals surface area contributed by atoms with Gasteiger partial charge < -0.3 is 5.32 Å². The summed E-state index contributed by atoms with van der Waals surface area (Å²) in [4.78, 5) is 24.9. The van der Waals surface area contributed by atoms with Gasteiger partial charge in [0.1, 0.15) is 5.82 Å². The molecule has 0 saturated carbocycles. The predicted octanol–water partition coefficient (Wildman–Crippen LogP) is 3.76. The van der Waals surface area contributed by atoms with E-state index in [0.717, 1.165) is 0 Å². The normalized spacial score (nSPS) is 13.7. The van der Waals surface area contributed by atoms with E-state index in [0.29, 0.717) is 28.2 Å². The topological polar surface area (TPSA) is 46.2 Å². The molecule has 1 aliphatic heterocycles. The van der Waals surface area contributed by atoms with E-state index >= 15 is 0 Å². The van der Waals surface area contributed by atoms with Crippen LogP contribution in [0.1, 0.15) is 27.1 Å². The van der Waals surface area contributed by atoms with Crippen molar-refractivity contribution in [2.45, 2.75) is 11.3 Å². The highest BCUT2D eigenvalue weighted by Gasteiger charge is 2.23. The van der Waals surface area contributed by atoms with Crippen molar-refractivity contribution in [3.8, 4) is 0 Å². The minimum absolute atomic E-state index is 0.0456. The van der Waals surface area contributed by atoms with Crippen molar-refractivity contribution in [1.82, 2.24) is 0 Å². The highest BCUT2D eigenvalue weighted by atomic mass is 32.2. The summed E-state index contributed by atoms with van der Waals surface area (Å²) in [7, 11) is 0. The van der Waals surface area contributed by atoms with Crippen LogP contribution in [0.25, 0.3) is 0 Å². The Morgan fingerprint density at radius 2 is 1.95 bits per heavy atom. The lowest BCUT2D eigenvalue weighted by atomic mass is 10.0. The summed E-state index contributed by atoms with van der Waals surface area (Å²) < 4.78 is 13.6. The van der Waals surface area contributed by atoms with Gasteiger partial charge in [0, 0.05) is 22.6 Å². The van der Waals surface area contributed by atoms with Crippen LogP contribution in [0.2, 0.25) is 0 Å². The second kappa shape index (κ2) is 5.69. The van der Waals surface area contributed by atoms with Crippen molar-refractivity contribution in [2.75, 3.05) is 11.1 Å². The third-order valence-electron chi connectivity index (χ3n) is 3.26. The maximum atomic E-state index is 13.6. The van der Waals surface area contributed by atoms with Crippen LogP contribution in [-0.4, -0.2) is 17.4 Å². The van der Waals surface area contributed by atoms with E-state index in [9.17, 15) is 14.0 Å². The van der Waals surface area contributed by atoms with E-state index in [2.05, 4.69) is 5.32 Å². The van der Waals surface area contributed by atoms with Crippen molar-refractivity contribution in [1.29, 1.82) is 0 Å². The van der Waals surface area contributed by atoms with Crippen LogP contribution in [0.15, 0.2) is 47.4 Å². The van der Waals surface area contributed by atoms with Gasteiger partial charge in [-0.2, -0.15) is 0 Å². The number of anilines is 1. The van der Waals surface area contributed by atoms with Gasteiger partial charge in [0.2, 0.25) is 0 Å². The highest BCUT2D eigenvalue weighted by molar-refractivity contribution is 7.99. The fourth-order valence-corrected chi connectivity index (χ4v) is 3.37. The molecule has 0 fully saturated rings. The number of benzene rings is 2. The molecule has 0 aromatic heterocycles. The number of carbonyl (C=O) groups excluding carboxylic acids is 2. The molecule has 1 aliphatic rings. The van der Waals surface area contributed by atoms with E-state index in [4.69, 9.17) is 0 Å². The Morgan fingerprint density at radius 1 is 1.14 bits per heavy atom. The average molecular weight is 301 g/mol. The molecule has 1 N–H and O–H groups in total.